The number of benzene rings is 1. The van der Waals surface area contributed by atoms with E-state index in [1.54, 1.807) is 0 Å². The summed E-state index contributed by atoms with van der Waals surface area (Å²) in [5.74, 6) is 3.05. The number of fused-ring (bicyclic) bond motifs is 1. The third kappa shape index (κ3) is 2.82. The summed E-state index contributed by atoms with van der Waals surface area (Å²) >= 11 is 0. The van der Waals surface area contributed by atoms with Gasteiger partial charge in [-0.25, -0.2) is 0 Å². The molecule has 0 atom stereocenters. The van der Waals surface area contributed by atoms with Crippen LogP contribution in [0.3, 0.4) is 0 Å². The van der Waals surface area contributed by atoms with Crippen molar-refractivity contribution in [1.29, 1.82) is 0 Å². The molecule has 0 fully saturated rings. The van der Waals surface area contributed by atoms with E-state index in [2.05, 4.69) is 29.6 Å². The number of ether oxygens (including phenoxy) is 1. The fourth-order valence-electron chi connectivity index (χ4n) is 2.51. The second-order valence-electron chi connectivity index (χ2n) is 4.97. The van der Waals surface area contributed by atoms with E-state index < -0.39 is 0 Å². The Balaban J connectivity index is 1.75. The van der Waals surface area contributed by atoms with Gasteiger partial charge in [-0.05, 0) is 49.2 Å². The molecule has 1 aromatic carbocycles. The van der Waals surface area contributed by atoms with E-state index in [0.29, 0.717) is 0 Å². The van der Waals surface area contributed by atoms with Gasteiger partial charge in [-0.1, -0.05) is 12.1 Å². The fraction of sp³-hybridized carbons (Fsp3) is 0.375. The molecule has 0 spiro atoms. The van der Waals surface area contributed by atoms with Gasteiger partial charge in [0.25, 0.3) is 0 Å². The molecule has 0 saturated carbocycles. The molecule has 1 N–H and O–H groups in total. The lowest BCUT2D eigenvalue weighted by Gasteiger charge is -2.17. The summed E-state index contributed by atoms with van der Waals surface area (Å²) in [6, 6.07) is 10.6. The van der Waals surface area contributed by atoms with Crippen molar-refractivity contribution in [1.82, 2.24) is 5.32 Å². The molecule has 3 rings (SSSR count). The lowest BCUT2D eigenvalue weighted by atomic mass is 10.0. The molecular formula is C16H19NO2. The van der Waals surface area contributed by atoms with Gasteiger partial charge in [0.1, 0.15) is 17.3 Å². The molecule has 19 heavy (non-hydrogen) atoms. The van der Waals surface area contributed by atoms with Gasteiger partial charge in [0.2, 0.25) is 0 Å². The third-order valence-corrected chi connectivity index (χ3v) is 3.42. The highest BCUT2D eigenvalue weighted by atomic mass is 16.5. The molecule has 0 bridgehead atoms. The van der Waals surface area contributed by atoms with Gasteiger partial charge in [0.15, 0.2) is 0 Å². The lowest BCUT2D eigenvalue weighted by Crippen LogP contribution is -2.08. The first-order valence-electron chi connectivity index (χ1n) is 6.82. The maximum absolute atomic E-state index is 5.78. The Kier molecular flexibility index (Phi) is 3.56. The Morgan fingerprint density at radius 2 is 2.05 bits per heavy atom. The van der Waals surface area contributed by atoms with Crippen LogP contribution in [-0.2, 0) is 19.4 Å². The van der Waals surface area contributed by atoms with Crippen LogP contribution >= 0.6 is 0 Å². The summed E-state index contributed by atoms with van der Waals surface area (Å²) in [7, 11) is 1.92. The highest BCUT2D eigenvalue weighted by molar-refractivity contribution is 5.39. The number of aryl methyl sites for hydroxylation is 1. The Morgan fingerprint density at radius 3 is 2.95 bits per heavy atom. The van der Waals surface area contributed by atoms with Crippen molar-refractivity contribution < 1.29 is 9.15 Å². The molecule has 0 amide bonds. The predicted octanol–water partition coefficient (Wildman–Crippen LogP) is 2.91. The first kappa shape index (κ1) is 12.3. The number of nitrogens with one attached hydrogen (secondary N) is 1. The SMILES string of the molecule is CNCc1ccc(Cc2ccc3c(c2)CCCO3)o1. The van der Waals surface area contributed by atoms with E-state index in [1.807, 2.05) is 13.1 Å². The molecule has 0 saturated heterocycles. The average molecular weight is 257 g/mol. The molecule has 100 valence electrons. The molecule has 1 aliphatic rings. The van der Waals surface area contributed by atoms with Crippen LogP contribution in [0.4, 0.5) is 0 Å². The highest BCUT2D eigenvalue weighted by Crippen LogP contribution is 2.26. The van der Waals surface area contributed by atoms with Crippen LogP contribution in [0, 0.1) is 0 Å². The summed E-state index contributed by atoms with van der Waals surface area (Å²) in [4.78, 5) is 0. The first-order valence-corrected chi connectivity index (χ1v) is 6.82. The van der Waals surface area contributed by atoms with E-state index in [-0.39, 0.29) is 0 Å². The molecular weight excluding hydrogens is 238 g/mol. The van der Waals surface area contributed by atoms with Crippen LogP contribution in [0.5, 0.6) is 5.75 Å². The standard InChI is InChI=1S/C16H19NO2/c1-17-11-15-6-5-14(19-15)10-12-4-7-16-13(9-12)3-2-8-18-16/h4-7,9,17H,2-3,8,10-11H2,1H3. The first-order chi connectivity index (χ1) is 9.35. The van der Waals surface area contributed by atoms with Crippen LogP contribution in [0.2, 0.25) is 0 Å². The van der Waals surface area contributed by atoms with Crippen LogP contribution in [0.1, 0.15) is 29.1 Å². The fourth-order valence-corrected chi connectivity index (χ4v) is 2.51. The van der Waals surface area contributed by atoms with Gasteiger partial charge < -0.3 is 14.5 Å². The zero-order chi connectivity index (χ0) is 13.1. The van der Waals surface area contributed by atoms with Gasteiger partial charge in [0.05, 0.1) is 13.2 Å². The summed E-state index contributed by atoms with van der Waals surface area (Å²) in [6.45, 7) is 1.62. The minimum Gasteiger partial charge on any atom is -0.493 e. The molecule has 3 nitrogen and oxygen atoms in total. The van der Waals surface area contributed by atoms with E-state index in [4.69, 9.17) is 9.15 Å². The molecule has 0 unspecified atom stereocenters. The van der Waals surface area contributed by atoms with Crippen molar-refractivity contribution in [2.75, 3.05) is 13.7 Å². The summed E-state index contributed by atoms with van der Waals surface area (Å²) in [5.41, 5.74) is 2.61. The maximum atomic E-state index is 5.78. The summed E-state index contributed by atoms with van der Waals surface area (Å²) < 4.78 is 11.4. The number of rotatable bonds is 4. The number of furan rings is 1. The molecule has 0 radical (unpaired) electrons. The maximum Gasteiger partial charge on any atom is 0.122 e. The summed E-state index contributed by atoms with van der Waals surface area (Å²) in [5, 5.41) is 3.09. The Bertz CT molecular complexity index is 560. The van der Waals surface area contributed by atoms with Crippen LogP contribution in [0.25, 0.3) is 0 Å². The van der Waals surface area contributed by atoms with Crippen molar-refractivity contribution in [3.63, 3.8) is 0 Å². The molecule has 2 heterocycles. The summed E-state index contributed by atoms with van der Waals surface area (Å²) in [6.07, 6.45) is 3.08. The van der Waals surface area contributed by atoms with Crippen molar-refractivity contribution in [3.05, 3.63) is 53.0 Å². The van der Waals surface area contributed by atoms with E-state index in [0.717, 1.165) is 49.7 Å². The molecule has 1 aromatic heterocycles. The smallest absolute Gasteiger partial charge is 0.122 e. The number of hydrogen-bond donors (Lipinski definition) is 1. The molecule has 2 aromatic rings. The largest absolute Gasteiger partial charge is 0.493 e. The highest BCUT2D eigenvalue weighted by Gasteiger charge is 2.11. The van der Waals surface area contributed by atoms with Gasteiger partial charge in [0, 0.05) is 6.42 Å². The average Bonchev–Trinajstić information content (AvgIpc) is 2.86. The van der Waals surface area contributed by atoms with Crippen molar-refractivity contribution in [2.45, 2.75) is 25.8 Å². The minimum absolute atomic E-state index is 0.776. The second-order valence-corrected chi connectivity index (χ2v) is 4.97. The van der Waals surface area contributed by atoms with Crippen LogP contribution < -0.4 is 10.1 Å². The quantitative estimate of drug-likeness (QED) is 0.914. The number of hydrogen-bond acceptors (Lipinski definition) is 3. The monoisotopic (exact) mass is 257 g/mol. The van der Waals surface area contributed by atoms with Gasteiger partial charge >= 0.3 is 0 Å². The van der Waals surface area contributed by atoms with Crippen molar-refractivity contribution >= 4 is 0 Å². The predicted molar refractivity (Wildman–Crippen MR) is 74.5 cm³/mol. The van der Waals surface area contributed by atoms with Crippen molar-refractivity contribution in [2.24, 2.45) is 0 Å². The van der Waals surface area contributed by atoms with Gasteiger partial charge in [-0.15, -0.1) is 0 Å². The lowest BCUT2D eigenvalue weighted by molar-refractivity contribution is 0.288. The van der Waals surface area contributed by atoms with Crippen molar-refractivity contribution in [3.8, 4) is 5.75 Å². The van der Waals surface area contributed by atoms with E-state index in [1.165, 1.54) is 11.1 Å². The van der Waals surface area contributed by atoms with Gasteiger partial charge in [-0.3, -0.25) is 0 Å². The van der Waals surface area contributed by atoms with E-state index in [9.17, 15) is 0 Å². The van der Waals surface area contributed by atoms with Crippen LogP contribution in [-0.4, -0.2) is 13.7 Å². The zero-order valence-electron chi connectivity index (χ0n) is 11.2. The Hall–Kier alpha value is -1.74. The minimum atomic E-state index is 0.776. The Morgan fingerprint density at radius 1 is 1.16 bits per heavy atom. The zero-order valence-corrected chi connectivity index (χ0v) is 11.2. The normalized spacial score (nSPS) is 13.9. The van der Waals surface area contributed by atoms with E-state index >= 15 is 0 Å². The van der Waals surface area contributed by atoms with Gasteiger partial charge in [-0.2, -0.15) is 0 Å². The second kappa shape index (κ2) is 5.49. The molecule has 3 heteroatoms. The Labute approximate surface area is 113 Å². The molecule has 1 aliphatic heterocycles. The third-order valence-electron chi connectivity index (χ3n) is 3.42. The topological polar surface area (TPSA) is 34.4 Å². The van der Waals surface area contributed by atoms with Crippen LogP contribution in [0.15, 0.2) is 34.7 Å². The molecule has 0 aliphatic carbocycles.